The zero-order valence-corrected chi connectivity index (χ0v) is 14.5. The van der Waals surface area contributed by atoms with Crippen molar-refractivity contribution in [2.24, 2.45) is 0 Å². The van der Waals surface area contributed by atoms with E-state index in [-0.39, 0.29) is 12.1 Å². The average Bonchev–Trinajstić information content (AvgIpc) is 2.67. The third-order valence-corrected chi connectivity index (χ3v) is 4.02. The first-order chi connectivity index (χ1) is 12.6. The number of benzene rings is 2. The molecule has 1 atom stereocenters. The van der Waals surface area contributed by atoms with Gasteiger partial charge in [-0.05, 0) is 48.9 Å². The molecule has 2 aromatic carbocycles. The van der Waals surface area contributed by atoms with Crippen LogP contribution in [-0.4, -0.2) is 18.1 Å². The summed E-state index contributed by atoms with van der Waals surface area (Å²) in [5, 5.41) is 15.5. The number of nitriles is 1. The first-order valence-electron chi connectivity index (χ1n) is 8.11. The standard InChI is InChI=1S/C20H18N4O2/c1-13(15-5-3-14(12-21)4-6-15)22-20(25)23-17-8-9-18-16(11-17)7-10-19(24-18)26-2/h3-11,13H,1-2H3,(H2,22,23,25). The molecule has 0 bridgehead atoms. The maximum absolute atomic E-state index is 12.2. The Bertz CT molecular complexity index is 977. The van der Waals surface area contributed by atoms with Crippen LogP contribution in [-0.2, 0) is 0 Å². The summed E-state index contributed by atoms with van der Waals surface area (Å²) in [6.45, 7) is 1.89. The van der Waals surface area contributed by atoms with Gasteiger partial charge in [0.1, 0.15) is 0 Å². The lowest BCUT2D eigenvalue weighted by molar-refractivity contribution is 0.249. The number of carbonyl (C=O) groups is 1. The molecule has 3 rings (SSSR count). The highest BCUT2D eigenvalue weighted by atomic mass is 16.5. The fourth-order valence-electron chi connectivity index (χ4n) is 2.59. The van der Waals surface area contributed by atoms with Gasteiger partial charge in [0, 0.05) is 17.1 Å². The van der Waals surface area contributed by atoms with Crippen LogP contribution >= 0.6 is 0 Å². The number of hydrogen-bond donors (Lipinski definition) is 2. The monoisotopic (exact) mass is 346 g/mol. The Morgan fingerprint density at radius 2 is 1.92 bits per heavy atom. The number of nitrogens with zero attached hydrogens (tertiary/aromatic N) is 2. The summed E-state index contributed by atoms with van der Waals surface area (Å²) >= 11 is 0. The molecule has 0 saturated carbocycles. The SMILES string of the molecule is COc1ccc2cc(NC(=O)NC(C)c3ccc(C#N)cc3)ccc2n1. The topological polar surface area (TPSA) is 87.0 Å². The van der Waals surface area contributed by atoms with E-state index in [9.17, 15) is 4.79 Å². The molecule has 6 heteroatoms. The van der Waals surface area contributed by atoms with Crippen molar-refractivity contribution in [3.05, 3.63) is 65.7 Å². The molecule has 0 aliphatic carbocycles. The number of methoxy groups -OCH3 is 1. The number of amides is 2. The fraction of sp³-hybridized carbons (Fsp3) is 0.150. The van der Waals surface area contributed by atoms with Gasteiger partial charge in [0.25, 0.3) is 0 Å². The number of urea groups is 1. The van der Waals surface area contributed by atoms with E-state index in [0.29, 0.717) is 17.1 Å². The van der Waals surface area contributed by atoms with Crippen LogP contribution in [0.25, 0.3) is 10.9 Å². The van der Waals surface area contributed by atoms with Crippen molar-refractivity contribution in [3.63, 3.8) is 0 Å². The molecular formula is C20H18N4O2. The van der Waals surface area contributed by atoms with Gasteiger partial charge in [0.2, 0.25) is 5.88 Å². The van der Waals surface area contributed by atoms with Crippen molar-refractivity contribution in [2.75, 3.05) is 12.4 Å². The molecule has 0 aliphatic rings. The first-order valence-corrected chi connectivity index (χ1v) is 8.11. The molecule has 3 aromatic rings. The number of rotatable bonds is 4. The molecule has 1 unspecified atom stereocenters. The Kier molecular flexibility index (Phi) is 4.99. The summed E-state index contributed by atoms with van der Waals surface area (Å²) in [5.41, 5.74) is 2.98. The van der Waals surface area contributed by atoms with Crippen molar-refractivity contribution in [1.29, 1.82) is 5.26 Å². The maximum Gasteiger partial charge on any atom is 0.319 e. The smallest absolute Gasteiger partial charge is 0.319 e. The Balaban J connectivity index is 1.67. The number of ether oxygens (including phenoxy) is 1. The van der Waals surface area contributed by atoms with Crippen LogP contribution in [0.15, 0.2) is 54.6 Å². The molecule has 0 spiro atoms. The molecule has 0 saturated heterocycles. The van der Waals surface area contributed by atoms with Crippen LogP contribution in [0.2, 0.25) is 0 Å². The van der Waals surface area contributed by atoms with E-state index < -0.39 is 0 Å². The molecule has 0 radical (unpaired) electrons. The molecule has 0 fully saturated rings. The van der Waals surface area contributed by atoms with Gasteiger partial charge in [0.05, 0.1) is 30.3 Å². The number of fused-ring (bicyclic) bond motifs is 1. The Hall–Kier alpha value is -3.59. The molecule has 2 amide bonds. The van der Waals surface area contributed by atoms with E-state index in [1.165, 1.54) is 0 Å². The van der Waals surface area contributed by atoms with Crippen LogP contribution in [0.4, 0.5) is 10.5 Å². The van der Waals surface area contributed by atoms with E-state index >= 15 is 0 Å². The Morgan fingerprint density at radius 1 is 1.15 bits per heavy atom. The van der Waals surface area contributed by atoms with Crippen molar-refractivity contribution < 1.29 is 9.53 Å². The number of hydrogen-bond acceptors (Lipinski definition) is 4. The third-order valence-electron chi connectivity index (χ3n) is 4.02. The second-order valence-electron chi connectivity index (χ2n) is 5.82. The summed E-state index contributed by atoms with van der Waals surface area (Å²) in [6.07, 6.45) is 0. The quantitative estimate of drug-likeness (QED) is 0.747. The minimum absolute atomic E-state index is 0.186. The normalized spacial score (nSPS) is 11.4. The molecule has 2 N–H and O–H groups in total. The van der Waals surface area contributed by atoms with Crippen LogP contribution in [0.1, 0.15) is 24.1 Å². The van der Waals surface area contributed by atoms with Gasteiger partial charge in [-0.1, -0.05) is 12.1 Å². The molecule has 6 nitrogen and oxygen atoms in total. The summed E-state index contributed by atoms with van der Waals surface area (Å²) in [7, 11) is 1.57. The van der Waals surface area contributed by atoms with Gasteiger partial charge < -0.3 is 15.4 Å². The van der Waals surface area contributed by atoms with Gasteiger partial charge in [-0.15, -0.1) is 0 Å². The van der Waals surface area contributed by atoms with E-state index in [4.69, 9.17) is 10.00 Å². The number of pyridine rings is 1. The zero-order chi connectivity index (χ0) is 18.5. The number of carbonyl (C=O) groups excluding carboxylic acids is 1. The van der Waals surface area contributed by atoms with Gasteiger partial charge in [-0.2, -0.15) is 5.26 Å². The zero-order valence-electron chi connectivity index (χ0n) is 14.5. The van der Waals surface area contributed by atoms with Crippen molar-refractivity contribution in [3.8, 4) is 11.9 Å². The van der Waals surface area contributed by atoms with E-state index in [2.05, 4.69) is 21.7 Å². The summed E-state index contributed by atoms with van der Waals surface area (Å²) in [6, 6.07) is 17.9. The maximum atomic E-state index is 12.2. The molecule has 130 valence electrons. The molecular weight excluding hydrogens is 328 g/mol. The van der Waals surface area contributed by atoms with Gasteiger partial charge in [-0.3, -0.25) is 0 Å². The Labute approximate surface area is 151 Å². The summed E-state index contributed by atoms with van der Waals surface area (Å²) in [5.74, 6) is 0.548. The molecule has 1 aromatic heterocycles. The van der Waals surface area contributed by atoms with Gasteiger partial charge >= 0.3 is 6.03 Å². The van der Waals surface area contributed by atoms with Crippen molar-refractivity contribution >= 4 is 22.6 Å². The lowest BCUT2D eigenvalue weighted by Crippen LogP contribution is -2.31. The largest absolute Gasteiger partial charge is 0.481 e. The van der Waals surface area contributed by atoms with Gasteiger partial charge in [0.15, 0.2) is 0 Å². The number of aromatic nitrogens is 1. The third kappa shape index (κ3) is 3.90. The molecule has 26 heavy (non-hydrogen) atoms. The average molecular weight is 346 g/mol. The lowest BCUT2D eigenvalue weighted by atomic mass is 10.1. The first kappa shape index (κ1) is 17.2. The minimum atomic E-state index is -0.303. The highest BCUT2D eigenvalue weighted by molar-refractivity contribution is 5.92. The predicted octanol–water partition coefficient (Wildman–Crippen LogP) is 4.00. The fourth-order valence-corrected chi connectivity index (χ4v) is 2.59. The van der Waals surface area contributed by atoms with Gasteiger partial charge in [-0.25, -0.2) is 9.78 Å². The van der Waals surface area contributed by atoms with E-state index in [1.807, 2.05) is 37.3 Å². The predicted molar refractivity (Wildman–Crippen MR) is 100 cm³/mol. The second-order valence-corrected chi connectivity index (χ2v) is 5.82. The van der Waals surface area contributed by atoms with Crippen LogP contribution in [0, 0.1) is 11.3 Å². The highest BCUT2D eigenvalue weighted by Gasteiger charge is 2.10. The number of nitrogens with one attached hydrogen (secondary N) is 2. The van der Waals surface area contributed by atoms with Crippen LogP contribution in [0.5, 0.6) is 5.88 Å². The summed E-state index contributed by atoms with van der Waals surface area (Å²) < 4.78 is 5.11. The van der Waals surface area contributed by atoms with E-state index in [0.717, 1.165) is 16.5 Å². The summed E-state index contributed by atoms with van der Waals surface area (Å²) in [4.78, 5) is 16.6. The van der Waals surface area contributed by atoms with Crippen molar-refractivity contribution in [1.82, 2.24) is 10.3 Å². The highest BCUT2D eigenvalue weighted by Crippen LogP contribution is 2.21. The second kappa shape index (κ2) is 7.53. The minimum Gasteiger partial charge on any atom is -0.481 e. The van der Waals surface area contributed by atoms with Crippen molar-refractivity contribution in [2.45, 2.75) is 13.0 Å². The number of anilines is 1. The molecule has 1 heterocycles. The van der Waals surface area contributed by atoms with Crippen LogP contribution in [0.3, 0.4) is 0 Å². The molecule has 0 aliphatic heterocycles. The van der Waals surface area contributed by atoms with E-state index in [1.54, 1.807) is 31.4 Å². The Morgan fingerprint density at radius 3 is 2.62 bits per heavy atom. The van der Waals surface area contributed by atoms with Crippen LogP contribution < -0.4 is 15.4 Å². The lowest BCUT2D eigenvalue weighted by Gasteiger charge is -2.15.